The Morgan fingerprint density at radius 3 is 1.01 bits per heavy atom. The van der Waals surface area contributed by atoms with Gasteiger partial charge in [-0.05, 0) is 145 Å². The third-order valence-corrected chi connectivity index (χ3v) is 13.5. The monoisotopic (exact) mass is 868 g/mol. The van der Waals surface area contributed by atoms with E-state index in [4.69, 9.17) is 0 Å². The zero-order valence-corrected chi connectivity index (χ0v) is 37.7. The van der Waals surface area contributed by atoms with Crippen molar-refractivity contribution >= 4 is 61.7 Å². The lowest BCUT2D eigenvalue weighted by Gasteiger charge is -2.32. The molecule has 0 saturated carbocycles. The third kappa shape index (κ3) is 7.72. The zero-order chi connectivity index (χ0) is 45.2. The second-order valence-corrected chi connectivity index (χ2v) is 17.6. The quantitative estimate of drug-likeness (QED) is 0.126. The van der Waals surface area contributed by atoms with Crippen molar-refractivity contribution < 1.29 is 0 Å². The van der Waals surface area contributed by atoms with Crippen molar-refractivity contribution in [2.75, 3.05) is 9.80 Å². The molecular formula is C66H48N2. The van der Waals surface area contributed by atoms with Crippen LogP contribution in [0.1, 0.15) is 17.5 Å². The number of nitrogens with zero attached hydrogens (tertiary/aromatic N) is 2. The van der Waals surface area contributed by atoms with Crippen LogP contribution in [0.25, 0.3) is 72.1 Å². The summed E-state index contributed by atoms with van der Waals surface area (Å²) < 4.78 is 0. The largest absolute Gasteiger partial charge is 0.310 e. The lowest BCUT2D eigenvalue weighted by molar-refractivity contribution is 0.984. The molecule has 0 atom stereocenters. The maximum absolute atomic E-state index is 2.48. The van der Waals surface area contributed by atoms with E-state index in [1.54, 1.807) is 0 Å². The molecule has 68 heavy (non-hydrogen) atoms. The minimum Gasteiger partial charge on any atom is -0.310 e. The maximum atomic E-state index is 2.48. The summed E-state index contributed by atoms with van der Waals surface area (Å²) in [5, 5.41) is 4.93. The Bertz CT molecular complexity index is 3380. The molecule has 0 unspecified atom stereocenters. The molecule has 0 fully saturated rings. The molecule has 1 aliphatic carbocycles. The van der Waals surface area contributed by atoms with E-state index in [1.807, 2.05) is 0 Å². The Labute approximate surface area is 399 Å². The Kier molecular flexibility index (Phi) is 10.7. The SMILES string of the molecule is C1=Cc2c(c(N(c3ccc(-c4ccccc4)cc3)c3ccc(-c4ccccc4)cc3)cc3cc(N(c4ccc(-c5ccccc5)cc4)c4ccc(-c5ccccc5)cc4)c4ccccc4c23)CC1. The van der Waals surface area contributed by atoms with Crippen LogP contribution in [-0.4, -0.2) is 0 Å². The van der Waals surface area contributed by atoms with Gasteiger partial charge in [0.25, 0.3) is 0 Å². The summed E-state index contributed by atoms with van der Waals surface area (Å²) in [5.41, 5.74) is 19.0. The Morgan fingerprint density at radius 1 is 0.294 bits per heavy atom. The van der Waals surface area contributed by atoms with Crippen LogP contribution in [0.15, 0.2) is 261 Å². The van der Waals surface area contributed by atoms with Crippen molar-refractivity contribution in [3.63, 3.8) is 0 Å². The maximum Gasteiger partial charge on any atom is 0.0546 e. The van der Waals surface area contributed by atoms with Crippen LogP contribution in [0.4, 0.5) is 34.1 Å². The molecule has 0 amide bonds. The number of benzene rings is 11. The van der Waals surface area contributed by atoms with Gasteiger partial charge in [0, 0.05) is 28.1 Å². The van der Waals surface area contributed by atoms with Crippen molar-refractivity contribution in [2.24, 2.45) is 0 Å². The van der Waals surface area contributed by atoms with Crippen molar-refractivity contribution in [1.29, 1.82) is 0 Å². The van der Waals surface area contributed by atoms with Gasteiger partial charge in [0.15, 0.2) is 0 Å². The summed E-state index contributed by atoms with van der Waals surface area (Å²) in [6.07, 6.45) is 6.67. The van der Waals surface area contributed by atoms with Gasteiger partial charge in [-0.2, -0.15) is 0 Å². The average Bonchev–Trinajstić information content (AvgIpc) is 3.43. The summed E-state index contributed by atoms with van der Waals surface area (Å²) in [6.45, 7) is 0. The number of hydrogen-bond acceptors (Lipinski definition) is 2. The van der Waals surface area contributed by atoms with Crippen LogP contribution >= 0.6 is 0 Å². The predicted molar refractivity (Wildman–Crippen MR) is 290 cm³/mol. The Hall–Kier alpha value is -8.72. The van der Waals surface area contributed by atoms with Crippen LogP contribution in [0.3, 0.4) is 0 Å². The van der Waals surface area contributed by atoms with Gasteiger partial charge in [0.2, 0.25) is 0 Å². The number of hydrogen-bond donors (Lipinski definition) is 0. The van der Waals surface area contributed by atoms with E-state index < -0.39 is 0 Å². The van der Waals surface area contributed by atoms with Crippen molar-refractivity contribution in [3.05, 3.63) is 272 Å². The molecular weight excluding hydrogens is 821 g/mol. The Morgan fingerprint density at radius 2 is 0.618 bits per heavy atom. The summed E-state index contributed by atoms with van der Waals surface area (Å²) in [5.74, 6) is 0. The normalized spacial score (nSPS) is 11.9. The molecule has 11 aromatic rings. The first-order valence-corrected chi connectivity index (χ1v) is 23.6. The van der Waals surface area contributed by atoms with Gasteiger partial charge in [0.05, 0.1) is 11.4 Å². The molecule has 0 bridgehead atoms. The van der Waals surface area contributed by atoms with Crippen LogP contribution < -0.4 is 9.80 Å². The predicted octanol–water partition coefficient (Wildman–Crippen LogP) is 18.6. The van der Waals surface area contributed by atoms with Gasteiger partial charge in [0.1, 0.15) is 0 Å². The third-order valence-electron chi connectivity index (χ3n) is 13.5. The van der Waals surface area contributed by atoms with E-state index in [9.17, 15) is 0 Å². The standard InChI is InChI=1S/C66H48N2/c1-5-17-47(18-6-1)51-29-37-56(38-30-51)67(57-39-31-52(32-40-57)48-19-7-2-8-20-48)64-45-55-46-65(61-26-14-16-28-63(61)66(55)62-27-15-13-25-60(62)64)68(58-41-33-53(34-42-58)49-21-9-3-10-22-49)59-43-35-54(36-44-59)50-23-11-4-12-24-50/h1-13,15-25,27-46H,14,26H2. The summed E-state index contributed by atoms with van der Waals surface area (Å²) in [7, 11) is 0. The fourth-order valence-electron chi connectivity index (χ4n) is 10.2. The van der Waals surface area contributed by atoms with Crippen LogP contribution in [0.2, 0.25) is 0 Å². The van der Waals surface area contributed by atoms with Crippen molar-refractivity contribution in [2.45, 2.75) is 12.8 Å². The second-order valence-electron chi connectivity index (χ2n) is 17.6. The average molecular weight is 869 g/mol. The minimum absolute atomic E-state index is 0.946. The molecule has 2 nitrogen and oxygen atoms in total. The van der Waals surface area contributed by atoms with Crippen molar-refractivity contribution in [1.82, 2.24) is 0 Å². The van der Waals surface area contributed by atoms with Gasteiger partial charge >= 0.3 is 0 Å². The van der Waals surface area contributed by atoms with Crippen LogP contribution in [0.5, 0.6) is 0 Å². The fraction of sp³-hybridized carbons (Fsp3) is 0.0303. The van der Waals surface area contributed by atoms with Gasteiger partial charge in [-0.15, -0.1) is 0 Å². The summed E-state index contributed by atoms with van der Waals surface area (Å²) >= 11 is 0. The number of fused-ring (bicyclic) bond motifs is 5. The van der Waals surface area contributed by atoms with E-state index in [1.165, 1.54) is 82.9 Å². The molecule has 0 spiro atoms. The summed E-state index contributed by atoms with van der Waals surface area (Å²) in [6, 6.07) is 92.8. The molecule has 0 aromatic heterocycles. The molecule has 12 rings (SSSR count). The first kappa shape index (κ1) is 40.8. The van der Waals surface area contributed by atoms with Gasteiger partial charge in [-0.25, -0.2) is 0 Å². The minimum atomic E-state index is 0.946. The smallest absolute Gasteiger partial charge is 0.0546 e. The highest BCUT2D eigenvalue weighted by Crippen LogP contribution is 2.49. The molecule has 0 radical (unpaired) electrons. The van der Waals surface area contributed by atoms with E-state index in [2.05, 4.69) is 277 Å². The summed E-state index contributed by atoms with van der Waals surface area (Å²) in [4.78, 5) is 4.93. The van der Waals surface area contributed by atoms with Crippen molar-refractivity contribution in [3.8, 4) is 44.5 Å². The highest BCUT2D eigenvalue weighted by atomic mass is 15.2. The molecule has 0 heterocycles. The van der Waals surface area contributed by atoms with E-state index in [0.717, 1.165) is 41.3 Å². The van der Waals surface area contributed by atoms with E-state index >= 15 is 0 Å². The molecule has 0 aliphatic heterocycles. The zero-order valence-electron chi connectivity index (χ0n) is 37.7. The van der Waals surface area contributed by atoms with Crippen LogP contribution in [-0.2, 0) is 6.42 Å². The molecule has 322 valence electrons. The van der Waals surface area contributed by atoms with Gasteiger partial charge < -0.3 is 9.80 Å². The number of rotatable bonds is 10. The lowest BCUT2D eigenvalue weighted by atomic mass is 9.86. The highest BCUT2D eigenvalue weighted by molar-refractivity contribution is 6.19. The van der Waals surface area contributed by atoms with E-state index in [-0.39, 0.29) is 0 Å². The fourth-order valence-corrected chi connectivity index (χ4v) is 10.2. The first-order chi connectivity index (χ1) is 33.7. The molecule has 11 aromatic carbocycles. The topological polar surface area (TPSA) is 6.48 Å². The number of allylic oxidation sites excluding steroid dienone is 1. The molecule has 2 heteroatoms. The Balaban J connectivity index is 1.07. The van der Waals surface area contributed by atoms with Gasteiger partial charge in [-0.3, -0.25) is 0 Å². The second kappa shape index (κ2) is 17.9. The number of anilines is 6. The van der Waals surface area contributed by atoms with E-state index in [0.29, 0.717) is 0 Å². The first-order valence-electron chi connectivity index (χ1n) is 23.6. The van der Waals surface area contributed by atoms with Gasteiger partial charge in [-0.1, -0.05) is 206 Å². The molecule has 0 saturated heterocycles. The van der Waals surface area contributed by atoms with Crippen LogP contribution in [0, 0.1) is 0 Å². The molecule has 0 N–H and O–H groups in total. The lowest BCUT2D eigenvalue weighted by Crippen LogP contribution is -2.15. The highest BCUT2D eigenvalue weighted by Gasteiger charge is 2.25. The molecule has 1 aliphatic rings.